The monoisotopic (exact) mass is 339 g/mol. The maximum Gasteiger partial charge on any atom is 0.257 e. The molecule has 24 heavy (non-hydrogen) atoms. The zero-order valence-corrected chi connectivity index (χ0v) is 14.0. The third kappa shape index (κ3) is 2.48. The van der Waals surface area contributed by atoms with Crippen LogP contribution >= 0.6 is 11.6 Å². The number of nitrogens with zero attached hydrogens (tertiary/aromatic N) is 2. The summed E-state index contributed by atoms with van der Waals surface area (Å²) < 4.78 is 1.95. The molecule has 5 heteroatoms. The smallest absolute Gasteiger partial charge is 0.257 e. The van der Waals surface area contributed by atoms with E-state index in [2.05, 4.69) is 5.32 Å². The zero-order chi connectivity index (χ0) is 16.5. The van der Waals surface area contributed by atoms with Crippen LogP contribution in [0.25, 0.3) is 16.6 Å². The van der Waals surface area contributed by atoms with Gasteiger partial charge in [0.1, 0.15) is 5.15 Å². The molecule has 0 saturated carbocycles. The summed E-state index contributed by atoms with van der Waals surface area (Å²) in [5, 5.41) is 4.65. The Morgan fingerprint density at radius 1 is 0.958 bits per heavy atom. The number of aromatic nitrogens is 1. The summed E-state index contributed by atoms with van der Waals surface area (Å²) in [5.41, 5.74) is 2.50. The molecule has 0 aliphatic carbocycles. The number of nitrogens with one attached hydrogen (secondary N) is 1. The molecular weight excluding hydrogens is 322 g/mol. The van der Waals surface area contributed by atoms with Crippen molar-refractivity contribution in [2.45, 2.75) is 0 Å². The van der Waals surface area contributed by atoms with Crippen molar-refractivity contribution in [1.82, 2.24) is 14.8 Å². The Morgan fingerprint density at radius 2 is 1.62 bits per heavy atom. The van der Waals surface area contributed by atoms with E-state index in [1.54, 1.807) is 0 Å². The first kappa shape index (κ1) is 15.2. The van der Waals surface area contributed by atoms with Crippen LogP contribution in [0.15, 0.2) is 54.6 Å². The van der Waals surface area contributed by atoms with Gasteiger partial charge in [-0.25, -0.2) is 0 Å². The Labute approximate surface area is 145 Å². The second-order valence-electron chi connectivity index (χ2n) is 5.90. The van der Waals surface area contributed by atoms with Gasteiger partial charge in [0, 0.05) is 37.3 Å². The van der Waals surface area contributed by atoms with Gasteiger partial charge in [-0.2, -0.15) is 0 Å². The van der Waals surface area contributed by atoms with Gasteiger partial charge in [-0.1, -0.05) is 48.0 Å². The van der Waals surface area contributed by atoms with E-state index >= 15 is 0 Å². The number of carbonyl (C=O) groups is 1. The molecule has 4 nitrogen and oxygen atoms in total. The molecule has 0 atom stereocenters. The summed E-state index contributed by atoms with van der Waals surface area (Å²) in [6.45, 7) is 3.06. The van der Waals surface area contributed by atoms with Gasteiger partial charge in [0.25, 0.3) is 5.91 Å². The Kier molecular flexibility index (Phi) is 4.00. The van der Waals surface area contributed by atoms with Gasteiger partial charge < -0.3 is 10.2 Å². The number of hydrogen-bond acceptors (Lipinski definition) is 2. The molecule has 1 fully saturated rings. The van der Waals surface area contributed by atoms with Crippen LogP contribution in [-0.4, -0.2) is 41.6 Å². The van der Waals surface area contributed by atoms with Gasteiger partial charge in [-0.3, -0.25) is 9.36 Å². The average Bonchev–Trinajstić information content (AvgIpc) is 2.94. The summed E-state index contributed by atoms with van der Waals surface area (Å²) in [6.07, 6.45) is 0. The predicted molar refractivity (Wildman–Crippen MR) is 97.1 cm³/mol. The number of rotatable bonds is 2. The molecule has 1 aliphatic rings. The molecule has 1 N–H and O–H groups in total. The number of piperazine rings is 1. The molecular formula is C19H18ClN3O. The largest absolute Gasteiger partial charge is 0.336 e. The molecule has 1 aromatic heterocycles. The lowest BCUT2D eigenvalue weighted by Gasteiger charge is -2.27. The minimum Gasteiger partial charge on any atom is -0.336 e. The van der Waals surface area contributed by atoms with Gasteiger partial charge in [0.05, 0.1) is 11.1 Å². The first-order chi connectivity index (χ1) is 11.8. The molecule has 2 aromatic carbocycles. The highest BCUT2D eigenvalue weighted by molar-refractivity contribution is 6.36. The third-order valence-electron chi connectivity index (χ3n) is 4.45. The van der Waals surface area contributed by atoms with Crippen LogP contribution < -0.4 is 5.32 Å². The van der Waals surface area contributed by atoms with Crippen LogP contribution in [0.2, 0.25) is 5.15 Å². The van der Waals surface area contributed by atoms with Gasteiger partial charge in [-0.05, 0) is 18.2 Å². The highest BCUT2D eigenvalue weighted by atomic mass is 35.5. The molecule has 1 saturated heterocycles. The van der Waals surface area contributed by atoms with Crippen LogP contribution in [0.3, 0.4) is 0 Å². The Balaban J connectivity index is 1.90. The fourth-order valence-corrected chi connectivity index (χ4v) is 3.64. The van der Waals surface area contributed by atoms with Gasteiger partial charge in [-0.15, -0.1) is 0 Å². The van der Waals surface area contributed by atoms with Crippen molar-refractivity contribution in [1.29, 1.82) is 0 Å². The molecule has 3 aromatic rings. The number of amides is 1. The Hall–Kier alpha value is -2.30. The third-order valence-corrected chi connectivity index (χ3v) is 4.81. The van der Waals surface area contributed by atoms with Crippen LogP contribution in [0.1, 0.15) is 10.4 Å². The minimum atomic E-state index is 0.00683. The molecule has 122 valence electrons. The fourth-order valence-electron chi connectivity index (χ4n) is 3.27. The maximum absolute atomic E-state index is 13.1. The van der Waals surface area contributed by atoms with Crippen LogP contribution in [-0.2, 0) is 0 Å². The van der Waals surface area contributed by atoms with Crippen molar-refractivity contribution in [2.24, 2.45) is 0 Å². The van der Waals surface area contributed by atoms with E-state index in [1.807, 2.05) is 64.1 Å². The van der Waals surface area contributed by atoms with Crippen LogP contribution in [0.5, 0.6) is 0 Å². The number of benzene rings is 2. The molecule has 0 unspecified atom stereocenters. The lowest BCUT2D eigenvalue weighted by atomic mass is 10.1. The molecule has 2 heterocycles. The number of para-hydroxylation sites is 2. The normalized spacial score (nSPS) is 15.0. The number of hydrogen-bond donors (Lipinski definition) is 1. The van der Waals surface area contributed by atoms with Crippen molar-refractivity contribution in [2.75, 3.05) is 26.2 Å². The van der Waals surface area contributed by atoms with Gasteiger partial charge >= 0.3 is 0 Å². The van der Waals surface area contributed by atoms with E-state index in [-0.39, 0.29) is 5.91 Å². The predicted octanol–water partition coefficient (Wildman–Crippen LogP) is 3.33. The van der Waals surface area contributed by atoms with E-state index in [9.17, 15) is 4.79 Å². The molecule has 0 spiro atoms. The second kappa shape index (κ2) is 6.30. The van der Waals surface area contributed by atoms with Crippen molar-refractivity contribution >= 4 is 28.4 Å². The molecule has 1 amide bonds. The second-order valence-corrected chi connectivity index (χ2v) is 6.25. The summed E-state index contributed by atoms with van der Waals surface area (Å²) >= 11 is 6.70. The van der Waals surface area contributed by atoms with E-state index in [1.165, 1.54) is 0 Å². The molecule has 4 rings (SSSR count). The molecule has 0 radical (unpaired) electrons. The summed E-state index contributed by atoms with van der Waals surface area (Å²) in [5.74, 6) is 0.00683. The topological polar surface area (TPSA) is 37.3 Å². The standard InChI is InChI=1S/C19H18ClN3O/c20-18-17(19(24)22-12-10-21-11-13-22)15-8-4-5-9-16(15)23(18)14-6-2-1-3-7-14/h1-9,21H,10-13H2. The lowest BCUT2D eigenvalue weighted by molar-refractivity contribution is 0.0738. The first-order valence-corrected chi connectivity index (χ1v) is 8.49. The average molecular weight is 340 g/mol. The van der Waals surface area contributed by atoms with Crippen LogP contribution in [0, 0.1) is 0 Å². The minimum absolute atomic E-state index is 0.00683. The molecule has 1 aliphatic heterocycles. The fraction of sp³-hybridized carbons (Fsp3) is 0.211. The summed E-state index contributed by atoms with van der Waals surface area (Å²) in [4.78, 5) is 15.0. The zero-order valence-electron chi connectivity index (χ0n) is 13.2. The van der Waals surface area contributed by atoms with Crippen molar-refractivity contribution in [3.8, 4) is 5.69 Å². The van der Waals surface area contributed by atoms with E-state index < -0.39 is 0 Å². The van der Waals surface area contributed by atoms with E-state index in [0.717, 1.165) is 29.7 Å². The molecule has 0 bridgehead atoms. The van der Waals surface area contributed by atoms with E-state index in [4.69, 9.17) is 11.6 Å². The van der Waals surface area contributed by atoms with Crippen molar-refractivity contribution in [3.63, 3.8) is 0 Å². The van der Waals surface area contributed by atoms with Gasteiger partial charge in [0.2, 0.25) is 0 Å². The highest BCUT2D eigenvalue weighted by Gasteiger charge is 2.26. The number of carbonyl (C=O) groups excluding carboxylic acids is 1. The SMILES string of the molecule is O=C(c1c(Cl)n(-c2ccccc2)c2ccccc12)N1CCNCC1. The number of fused-ring (bicyclic) bond motifs is 1. The summed E-state index contributed by atoms with van der Waals surface area (Å²) in [7, 11) is 0. The highest BCUT2D eigenvalue weighted by Crippen LogP contribution is 2.33. The van der Waals surface area contributed by atoms with Crippen molar-refractivity contribution < 1.29 is 4.79 Å². The van der Waals surface area contributed by atoms with E-state index in [0.29, 0.717) is 23.8 Å². The van der Waals surface area contributed by atoms with Crippen molar-refractivity contribution in [3.05, 3.63) is 65.3 Å². The van der Waals surface area contributed by atoms with Gasteiger partial charge in [0.15, 0.2) is 0 Å². The quantitative estimate of drug-likeness (QED) is 0.777. The number of halogens is 1. The lowest BCUT2D eigenvalue weighted by Crippen LogP contribution is -2.46. The first-order valence-electron chi connectivity index (χ1n) is 8.12. The maximum atomic E-state index is 13.1. The van der Waals surface area contributed by atoms with Crippen LogP contribution in [0.4, 0.5) is 0 Å². The Bertz CT molecular complexity index is 882. The Morgan fingerprint density at radius 3 is 2.38 bits per heavy atom. The summed E-state index contributed by atoms with van der Waals surface area (Å²) in [6, 6.07) is 17.8.